The molecule has 0 spiro atoms. The van der Waals surface area contributed by atoms with Crippen LogP contribution in [-0.2, 0) is 6.67 Å². The van der Waals surface area contributed by atoms with Gasteiger partial charge in [-0.1, -0.05) is 36.9 Å². The van der Waals surface area contributed by atoms with Crippen LogP contribution in [0.5, 0.6) is 0 Å². The Hall–Kier alpha value is -2.82. The minimum atomic E-state index is -0.192. The van der Waals surface area contributed by atoms with Crippen LogP contribution in [0.4, 0.5) is 5.69 Å². The second kappa shape index (κ2) is 5.28. The molecule has 106 valence electrons. The summed E-state index contributed by atoms with van der Waals surface area (Å²) >= 11 is 0. The summed E-state index contributed by atoms with van der Waals surface area (Å²) in [5.74, 6) is 0.662. The number of benzene rings is 1. The summed E-state index contributed by atoms with van der Waals surface area (Å²) < 4.78 is 2.94. The highest BCUT2D eigenvalue weighted by Crippen LogP contribution is 2.29. The number of nitrogens with zero attached hydrogens (tertiary/aromatic N) is 3. The zero-order valence-corrected chi connectivity index (χ0v) is 11.8. The molecule has 0 radical (unpaired) electrons. The van der Waals surface area contributed by atoms with Crippen molar-refractivity contribution in [1.82, 2.24) is 14.3 Å². The van der Waals surface area contributed by atoms with Crippen molar-refractivity contribution in [2.24, 2.45) is 0 Å². The molecule has 1 aromatic carbocycles. The van der Waals surface area contributed by atoms with E-state index in [4.69, 9.17) is 0 Å². The number of allylic oxidation sites excluding steroid dienone is 5. The zero-order valence-electron chi connectivity index (χ0n) is 11.8. The van der Waals surface area contributed by atoms with E-state index in [2.05, 4.69) is 17.0 Å². The van der Waals surface area contributed by atoms with E-state index in [1.54, 1.807) is 10.6 Å². The zero-order chi connectivity index (χ0) is 14.8. The molecule has 1 aliphatic rings. The highest BCUT2D eigenvalue weighted by atomic mass is 16.2. The number of hydrogen-bond donors (Lipinski definition) is 1. The van der Waals surface area contributed by atoms with Gasteiger partial charge in [0.1, 0.15) is 0 Å². The lowest BCUT2D eigenvalue weighted by Crippen LogP contribution is -2.28. The molecular formula is C16H16N4O. The first kappa shape index (κ1) is 13.2. The molecule has 1 N–H and O–H groups in total. The normalized spacial score (nSPS) is 13.2. The molecule has 2 heterocycles. The molecule has 1 aliphatic heterocycles. The van der Waals surface area contributed by atoms with Gasteiger partial charge < -0.3 is 5.32 Å². The summed E-state index contributed by atoms with van der Waals surface area (Å²) in [4.78, 5) is 12.4. The highest BCUT2D eigenvalue weighted by Gasteiger charge is 2.21. The molecule has 0 atom stereocenters. The molecule has 0 unspecified atom stereocenters. The maximum Gasteiger partial charge on any atom is 0.352 e. The molecule has 3 rings (SSSR count). The average molecular weight is 280 g/mol. The molecule has 2 aromatic rings. The van der Waals surface area contributed by atoms with Gasteiger partial charge >= 0.3 is 5.69 Å². The number of fused-ring (bicyclic) bond motifs is 3. The van der Waals surface area contributed by atoms with Gasteiger partial charge in [0.15, 0.2) is 5.82 Å². The molecule has 5 nitrogen and oxygen atoms in total. The van der Waals surface area contributed by atoms with Gasteiger partial charge in [0.05, 0.1) is 12.4 Å². The Bertz CT molecular complexity index is 808. The standard InChI is InChI=1S/C16H16N4O/c1-3-4-5-8-12(2)20-16(21)19-11-17-14-10-7-6-9-13(14)15(19)18-20/h3-10,17H,2,11H2,1H3/b4-3-,8-5-. The molecule has 0 saturated carbocycles. The summed E-state index contributed by atoms with van der Waals surface area (Å²) in [6.07, 6.45) is 7.38. The van der Waals surface area contributed by atoms with Gasteiger partial charge in [-0.25, -0.2) is 4.79 Å². The Balaban J connectivity index is 2.07. The SMILES string of the molecule is C=C(/C=C\C=C/C)n1nc2n(c1=O)CNc1ccccc1-2. The van der Waals surface area contributed by atoms with Crippen molar-refractivity contribution >= 4 is 11.4 Å². The van der Waals surface area contributed by atoms with Crippen LogP contribution in [0.25, 0.3) is 17.1 Å². The van der Waals surface area contributed by atoms with Crippen LogP contribution < -0.4 is 11.0 Å². The fourth-order valence-corrected chi connectivity index (χ4v) is 2.27. The minimum Gasteiger partial charge on any atom is -0.367 e. The third kappa shape index (κ3) is 2.23. The van der Waals surface area contributed by atoms with Gasteiger partial charge in [-0.3, -0.25) is 4.57 Å². The molecular weight excluding hydrogens is 264 g/mol. The molecule has 0 saturated heterocycles. The summed E-state index contributed by atoms with van der Waals surface area (Å²) in [6.45, 7) is 6.24. The predicted molar refractivity (Wildman–Crippen MR) is 84.8 cm³/mol. The van der Waals surface area contributed by atoms with E-state index in [1.165, 1.54) is 4.68 Å². The van der Waals surface area contributed by atoms with Crippen LogP contribution >= 0.6 is 0 Å². The fraction of sp³-hybridized carbons (Fsp3) is 0.125. The van der Waals surface area contributed by atoms with Crippen LogP contribution in [0.3, 0.4) is 0 Å². The van der Waals surface area contributed by atoms with E-state index in [0.717, 1.165) is 11.3 Å². The van der Waals surface area contributed by atoms with E-state index < -0.39 is 0 Å². The Morgan fingerprint density at radius 3 is 3.00 bits per heavy atom. The van der Waals surface area contributed by atoms with Crippen molar-refractivity contribution in [2.45, 2.75) is 13.6 Å². The van der Waals surface area contributed by atoms with E-state index in [1.807, 2.05) is 49.4 Å². The highest BCUT2D eigenvalue weighted by molar-refractivity contribution is 5.75. The molecule has 0 amide bonds. The number of hydrogen-bond acceptors (Lipinski definition) is 3. The van der Waals surface area contributed by atoms with Gasteiger partial charge in [-0.15, -0.1) is 5.10 Å². The van der Waals surface area contributed by atoms with Crippen molar-refractivity contribution in [3.8, 4) is 11.4 Å². The van der Waals surface area contributed by atoms with Crippen molar-refractivity contribution in [3.63, 3.8) is 0 Å². The summed E-state index contributed by atoms with van der Waals surface area (Å²) in [5, 5.41) is 7.64. The van der Waals surface area contributed by atoms with Crippen molar-refractivity contribution < 1.29 is 0 Å². The van der Waals surface area contributed by atoms with E-state index in [0.29, 0.717) is 18.2 Å². The Labute approximate surface area is 122 Å². The largest absolute Gasteiger partial charge is 0.367 e. The monoisotopic (exact) mass is 280 g/mol. The van der Waals surface area contributed by atoms with Crippen LogP contribution in [0, 0.1) is 0 Å². The van der Waals surface area contributed by atoms with Crippen molar-refractivity contribution in [1.29, 1.82) is 0 Å². The first-order valence-electron chi connectivity index (χ1n) is 6.74. The van der Waals surface area contributed by atoms with Gasteiger partial charge in [0, 0.05) is 11.3 Å². The number of aromatic nitrogens is 3. The molecule has 0 bridgehead atoms. The number of rotatable bonds is 3. The molecule has 1 aromatic heterocycles. The summed E-state index contributed by atoms with van der Waals surface area (Å²) in [7, 11) is 0. The third-order valence-corrected chi connectivity index (χ3v) is 3.32. The molecule has 21 heavy (non-hydrogen) atoms. The molecule has 0 fully saturated rings. The first-order valence-corrected chi connectivity index (χ1v) is 6.74. The quantitative estimate of drug-likeness (QED) is 0.879. The lowest BCUT2D eigenvalue weighted by molar-refractivity contribution is 0.723. The van der Waals surface area contributed by atoms with Gasteiger partial charge in [0.2, 0.25) is 0 Å². The smallest absolute Gasteiger partial charge is 0.352 e. The van der Waals surface area contributed by atoms with Crippen LogP contribution in [-0.4, -0.2) is 14.3 Å². The van der Waals surface area contributed by atoms with Crippen LogP contribution in [0.1, 0.15) is 6.92 Å². The van der Waals surface area contributed by atoms with E-state index in [9.17, 15) is 4.79 Å². The molecule has 0 aliphatic carbocycles. The van der Waals surface area contributed by atoms with Crippen LogP contribution in [0.2, 0.25) is 0 Å². The van der Waals surface area contributed by atoms with Crippen molar-refractivity contribution in [3.05, 3.63) is 65.6 Å². The summed E-state index contributed by atoms with van der Waals surface area (Å²) in [6, 6.07) is 7.81. The second-order valence-electron chi connectivity index (χ2n) is 4.70. The maximum atomic E-state index is 12.4. The predicted octanol–water partition coefficient (Wildman–Crippen LogP) is 2.70. The van der Waals surface area contributed by atoms with Gasteiger partial charge in [-0.2, -0.15) is 4.68 Å². The fourth-order valence-electron chi connectivity index (χ4n) is 2.27. The van der Waals surface area contributed by atoms with Gasteiger partial charge in [0.25, 0.3) is 0 Å². The van der Waals surface area contributed by atoms with Crippen LogP contribution in [0.15, 0.2) is 59.9 Å². The lowest BCUT2D eigenvalue weighted by atomic mass is 10.1. The number of anilines is 1. The summed E-state index contributed by atoms with van der Waals surface area (Å²) in [5.41, 5.74) is 2.25. The Morgan fingerprint density at radius 2 is 2.19 bits per heavy atom. The van der Waals surface area contributed by atoms with E-state index >= 15 is 0 Å². The number of para-hydroxylation sites is 1. The average Bonchev–Trinajstić information content (AvgIpc) is 2.85. The topological polar surface area (TPSA) is 51.9 Å². The lowest BCUT2D eigenvalue weighted by Gasteiger charge is -2.17. The maximum absolute atomic E-state index is 12.4. The van der Waals surface area contributed by atoms with Gasteiger partial charge in [-0.05, 0) is 25.1 Å². The minimum absolute atomic E-state index is 0.192. The Kier molecular flexibility index (Phi) is 3.31. The third-order valence-electron chi connectivity index (χ3n) is 3.32. The van der Waals surface area contributed by atoms with E-state index in [-0.39, 0.29) is 5.69 Å². The molecule has 5 heteroatoms. The second-order valence-corrected chi connectivity index (χ2v) is 4.70. The number of nitrogens with one attached hydrogen (secondary N) is 1. The Morgan fingerprint density at radius 1 is 1.38 bits per heavy atom. The van der Waals surface area contributed by atoms with Crippen molar-refractivity contribution in [2.75, 3.05) is 5.32 Å². The first-order chi connectivity index (χ1) is 10.2.